The average molecular weight is 258 g/mol. The quantitative estimate of drug-likeness (QED) is 0.869. The standard InChI is InChI=1S/C14H18N4O/c1-18(12(8-15)9-6-7-9)14(19)13-10-4-2-3-5-11(10)16-17-13/h2-5,9,12H,6-8,15H2,1H3,(H,16,17). The van der Waals surface area contributed by atoms with Gasteiger partial charge >= 0.3 is 0 Å². The average Bonchev–Trinajstić information content (AvgIpc) is 3.17. The minimum atomic E-state index is -0.0557. The minimum Gasteiger partial charge on any atom is -0.336 e. The van der Waals surface area contributed by atoms with Crippen LogP contribution in [-0.4, -0.2) is 40.6 Å². The first-order valence-electron chi connectivity index (χ1n) is 6.62. The van der Waals surface area contributed by atoms with Crippen LogP contribution in [0.3, 0.4) is 0 Å². The second-order valence-corrected chi connectivity index (χ2v) is 5.17. The zero-order valence-electron chi connectivity index (χ0n) is 11.0. The lowest BCUT2D eigenvalue weighted by Crippen LogP contribution is -2.43. The molecule has 0 aliphatic heterocycles. The first-order valence-corrected chi connectivity index (χ1v) is 6.62. The second-order valence-electron chi connectivity index (χ2n) is 5.17. The predicted octanol–water partition coefficient (Wildman–Crippen LogP) is 1.37. The fourth-order valence-electron chi connectivity index (χ4n) is 2.59. The molecule has 1 atom stereocenters. The highest BCUT2D eigenvalue weighted by Gasteiger charge is 2.35. The van der Waals surface area contributed by atoms with Crippen molar-refractivity contribution in [3.8, 4) is 0 Å². The molecule has 1 aliphatic rings. The van der Waals surface area contributed by atoms with Crippen molar-refractivity contribution >= 4 is 16.8 Å². The van der Waals surface area contributed by atoms with Gasteiger partial charge in [-0.25, -0.2) is 0 Å². The lowest BCUT2D eigenvalue weighted by molar-refractivity contribution is 0.0714. The third-order valence-electron chi connectivity index (χ3n) is 3.90. The zero-order valence-corrected chi connectivity index (χ0v) is 11.0. The molecule has 0 spiro atoms. The van der Waals surface area contributed by atoms with Crippen molar-refractivity contribution in [1.29, 1.82) is 0 Å². The summed E-state index contributed by atoms with van der Waals surface area (Å²) in [7, 11) is 1.82. The molecule has 1 aromatic heterocycles. The number of rotatable bonds is 4. The predicted molar refractivity (Wildman–Crippen MR) is 73.8 cm³/mol. The molecule has 1 aliphatic carbocycles. The summed E-state index contributed by atoms with van der Waals surface area (Å²) in [6.07, 6.45) is 2.33. The molecular weight excluding hydrogens is 240 g/mol. The van der Waals surface area contributed by atoms with E-state index in [9.17, 15) is 4.79 Å². The second kappa shape index (κ2) is 4.66. The number of benzene rings is 1. The first-order chi connectivity index (χ1) is 9.22. The van der Waals surface area contributed by atoms with Crippen LogP contribution in [0.1, 0.15) is 23.3 Å². The summed E-state index contributed by atoms with van der Waals surface area (Å²) >= 11 is 0. The van der Waals surface area contributed by atoms with Crippen LogP contribution in [-0.2, 0) is 0 Å². The molecule has 0 bridgehead atoms. The van der Waals surface area contributed by atoms with Gasteiger partial charge in [0.15, 0.2) is 5.69 Å². The van der Waals surface area contributed by atoms with Gasteiger partial charge in [-0.1, -0.05) is 18.2 Å². The van der Waals surface area contributed by atoms with E-state index >= 15 is 0 Å². The number of fused-ring (bicyclic) bond motifs is 1. The summed E-state index contributed by atoms with van der Waals surface area (Å²) in [4.78, 5) is 14.3. The number of para-hydroxylation sites is 1. The Morgan fingerprint density at radius 3 is 2.95 bits per heavy atom. The number of nitrogens with two attached hydrogens (primary N) is 1. The number of nitrogens with one attached hydrogen (secondary N) is 1. The molecule has 1 saturated carbocycles. The number of carbonyl (C=O) groups excluding carboxylic acids is 1. The van der Waals surface area contributed by atoms with Crippen LogP contribution in [0.15, 0.2) is 24.3 Å². The van der Waals surface area contributed by atoms with Gasteiger partial charge < -0.3 is 10.6 Å². The Bertz CT molecular complexity index is 602. The largest absolute Gasteiger partial charge is 0.336 e. The Labute approximate surface area is 111 Å². The number of nitrogens with zero attached hydrogens (tertiary/aromatic N) is 2. The first kappa shape index (κ1) is 12.2. The van der Waals surface area contributed by atoms with Gasteiger partial charge in [-0.2, -0.15) is 5.10 Å². The van der Waals surface area contributed by atoms with Gasteiger partial charge in [-0.3, -0.25) is 9.89 Å². The Morgan fingerprint density at radius 1 is 1.53 bits per heavy atom. The molecule has 1 amide bonds. The normalized spacial score (nSPS) is 16.5. The van der Waals surface area contributed by atoms with Crippen molar-refractivity contribution in [2.45, 2.75) is 18.9 Å². The molecule has 0 radical (unpaired) electrons. The highest BCUT2D eigenvalue weighted by atomic mass is 16.2. The molecule has 1 fully saturated rings. The minimum absolute atomic E-state index is 0.0557. The Hall–Kier alpha value is -1.88. The van der Waals surface area contributed by atoms with Crippen LogP contribution in [0.25, 0.3) is 10.9 Å². The van der Waals surface area contributed by atoms with E-state index in [4.69, 9.17) is 5.73 Å². The molecule has 19 heavy (non-hydrogen) atoms. The maximum Gasteiger partial charge on any atom is 0.275 e. The topological polar surface area (TPSA) is 75.0 Å². The monoisotopic (exact) mass is 258 g/mol. The maximum absolute atomic E-state index is 12.5. The van der Waals surface area contributed by atoms with Crippen LogP contribution in [0.5, 0.6) is 0 Å². The van der Waals surface area contributed by atoms with Crippen LogP contribution < -0.4 is 5.73 Å². The smallest absolute Gasteiger partial charge is 0.275 e. The molecule has 1 unspecified atom stereocenters. The van der Waals surface area contributed by atoms with Gasteiger partial charge in [0.05, 0.1) is 5.52 Å². The van der Waals surface area contributed by atoms with Gasteiger partial charge in [0, 0.05) is 25.0 Å². The highest BCUT2D eigenvalue weighted by molar-refractivity contribution is 6.04. The van der Waals surface area contributed by atoms with E-state index < -0.39 is 0 Å². The van der Waals surface area contributed by atoms with E-state index in [-0.39, 0.29) is 11.9 Å². The van der Waals surface area contributed by atoms with E-state index in [0.29, 0.717) is 18.2 Å². The van der Waals surface area contributed by atoms with Crippen molar-refractivity contribution in [1.82, 2.24) is 15.1 Å². The fourth-order valence-corrected chi connectivity index (χ4v) is 2.59. The van der Waals surface area contributed by atoms with Crippen LogP contribution in [0.4, 0.5) is 0 Å². The van der Waals surface area contributed by atoms with Crippen molar-refractivity contribution in [3.63, 3.8) is 0 Å². The summed E-state index contributed by atoms with van der Waals surface area (Å²) in [5, 5.41) is 7.92. The molecule has 1 heterocycles. The van der Waals surface area contributed by atoms with E-state index in [1.807, 2.05) is 31.3 Å². The van der Waals surface area contributed by atoms with E-state index in [1.165, 1.54) is 12.8 Å². The van der Waals surface area contributed by atoms with Gasteiger partial charge in [0.25, 0.3) is 5.91 Å². The van der Waals surface area contributed by atoms with E-state index in [0.717, 1.165) is 10.9 Å². The third kappa shape index (κ3) is 2.10. The van der Waals surface area contributed by atoms with E-state index in [1.54, 1.807) is 4.90 Å². The van der Waals surface area contributed by atoms with Gasteiger partial charge in [0.2, 0.25) is 0 Å². The Morgan fingerprint density at radius 2 is 2.26 bits per heavy atom. The summed E-state index contributed by atoms with van der Waals surface area (Å²) in [6.45, 7) is 0.509. The summed E-state index contributed by atoms with van der Waals surface area (Å²) in [5.41, 5.74) is 7.16. The summed E-state index contributed by atoms with van der Waals surface area (Å²) < 4.78 is 0. The number of aromatic amines is 1. The Balaban J connectivity index is 1.90. The van der Waals surface area contributed by atoms with Crippen molar-refractivity contribution in [3.05, 3.63) is 30.0 Å². The summed E-state index contributed by atoms with van der Waals surface area (Å²) in [6, 6.07) is 7.79. The van der Waals surface area contributed by atoms with Crippen molar-refractivity contribution < 1.29 is 4.79 Å². The molecule has 100 valence electrons. The fraction of sp³-hybridized carbons (Fsp3) is 0.429. The van der Waals surface area contributed by atoms with Gasteiger partial charge in [-0.15, -0.1) is 0 Å². The molecule has 5 nitrogen and oxygen atoms in total. The van der Waals surface area contributed by atoms with E-state index in [2.05, 4.69) is 10.2 Å². The zero-order chi connectivity index (χ0) is 13.4. The molecular formula is C14H18N4O. The van der Waals surface area contributed by atoms with Crippen LogP contribution in [0, 0.1) is 5.92 Å². The highest BCUT2D eigenvalue weighted by Crippen LogP contribution is 2.35. The molecule has 3 N–H and O–H groups in total. The molecule has 0 saturated heterocycles. The third-order valence-corrected chi connectivity index (χ3v) is 3.90. The van der Waals surface area contributed by atoms with Gasteiger partial charge in [0.1, 0.15) is 0 Å². The lowest BCUT2D eigenvalue weighted by Gasteiger charge is -2.26. The number of amides is 1. The molecule has 1 aromatic carbocycles. The molecule has 3 rings (SSSR count). The molecule has 5 heteroatoms. The van der Waals surface area contributed by atoms with Crippen molar-refractivity contribution in [2.24, 2.45) is 11.7 Å². The molecule has 2 aromatic rings. The maximum atomic E-state index is 12.5. The number of H-pyrrole nitrogens is 1. The Kier molecular flexibility index (Phi) is 2.98. The van der Waals surface area contributed by atoms with Crippen LogP contribution in [0.2, 0.25) is 0 Å². The number of carbonyl (C=O) groups is 1. The SMILES string of the molecule is CN(C(=O)c1n[nH]c2ccccc12)C(CN)C1CC1. The van der Waals surface area contributed by atoms with Crippen LogP contribution >= 0.6 is 0 Å². The number of likely N-dealkylation sites (N-methyl/N-ethyl adjacent to an activating group) is 1. The lowest BCUT2D eigenvalue weighted by atomic mass is 10.1. The summed E-state index contributed by atoms with van der Waals surface area (Å²) in [5.74, 6) is 0.504. The number of hydrogen-bond donors (Lipinski definition) is 2. The van der Waals surface area contributed by atoms with Gasteiger partial charge in [-0.05, 0) is 24.8 Å². The number of hydrogen-bond acceptors (Lipinski definition) is 3. The van der Waals surface area contributed by atoms with Crippen molar-refractivity contribution in [2.75, 3.05) is 13.6 Å². The number of aromatic nitrogens is 2.